The molecule has 1 amide bonds. The third-order valence-electron chi connectivity index (χ3n) is 6.06. The van der Waals surface area contributed by atoms with Crippen LogP contribution >= 0.6 is 0 Å². The molecule has 6 nitrogen and oxygen atoms in total. The molecule has 3 rings (SSSR count). The number of nitrogens with zero attached hydrogens (tertiary/aromatic N) is 1. The van der Waals surface area contributed by atoms with Crippen molar-refractivity contribution >= 4 is 12.1 Å². The standard InChI is InChI=1S/C32H40N2O4/c1-31(2,3)23-32(4,5)26-13-15-27(16-14-26)38-22-30(35)34-33-21-25-12-17-28(29(20-25)36-6)37-19-18-24-10-8-7-9-11-24/h7-17,20-21H,18-19,22-23H2,1-6H3,(H,34,35)/b33-21+. The molecule has 0 heterocycles. The highest BCUT2D eigenvalue weighted by Crippen LogP contribution is 2.36. The molecule has 6 heteroatoms. The molecular weight excluding hydrogens is 476 g/mol. The molecule has 0 unspecified atom stereocenters. The topological polar surface area (TPSA) is 69.2 Å². The predicted octanol–water partition coefficient (Wildman–Crippen LogP) is 6.56. The van der Waals surface area contributed by atoms with E-state index in [1.807, 2.05) is 48.5 Å². The Morgan fingerprint density at radius 3 is 2.26 bits per heavy atom. The number of hydrogen-bond acceptors (Lipinski definition) is 5. The van der Waals surface area contributed by atoms with Crippen LogP contribution in [0, 0.1) is 5.41 Å². The highest BCUT2D eigenvalue weighted by Gasteiger charge is 2.27. The van der Waals surface area contributed by atoms with Gasteiger partial charge in [0, 0.05) is 6.42 Å². The van der Waals surface area contributed by atoms with Gasteiger partial charge in [-0.05, 0) is 64.3 Å². The summed E-state index contributed by atoms with van der Waals surface area (Å²) in [6.07, 6.45) is 3.43. The Balaban J connectivity index is 1.46. The number of ether oxygens (including phenoxy) is 3. The van der Waals surface area contributed by atoms with E-state index in [2.05, 4.69) is 69.4 Å². The zero-order valence-corrected chi connectivity index (χ0v) is 23.4. The third-order valence-corrected chi connectivity index (χ3v) is 6.06. The second-order valence-electron chi connectivity index (χ2n) is 11.2. The predicted molar refractivity (Wildman–Crippen MR) is 153 cm³/mol. The van der Waals surface area contributed by atoms with Gasteiger partial charge in [-0.15, -0.1) is 0 Å². The SMILES string of the molecule is COc1cc(/C=N/NC(=O)COc2ccc(C(C)(C)CC(C)(C)C)cc2)ccc1OCCc1ccccc1. The van der Waals surface area contributed by atoms with Gasteiger partial charge in [0.25, 0.3) is 5.91 Å². The Morgan fingerprint density at radius 2 is 1.61 bits per heavy atom. The lowest BCUT2D eigenvalue weighted by atomic mass is 9.72. The van der Waals surface area contributed by atoms with Crippen molar-refractivity contribution in [1.82, 2.24) is 5.43 Å². The second-order valence-corrected chi connectivity index (χ2v) is 11.2. The number of hydrazone groups is 1. The fourth-order valence-electron chi connectivity index (χ4n) is 4.60. The molecular formula is C32H40N2O4. The minimum absolute atomic E-state index is 0.0536. The largest absolute Gasteiger partial charge is 0.493 e. The summed E-state index contributed by atoms with van der Waals surface area (Å²) in [5, 5.41) is 4.04. The number of benzene rings is 3. The van der Waals surface area contributed by atoms with Crippen LogP contribution in [-0.2, 0) is 16.6 Å². The van der Waals surface area contributed by atoms with Crippen molar-refractivity contribution in [2.45, 2.75) is 52.9 Å². The number of rotatable bonds is 12. The average Bonchev–Trinajstić information content (AvgIpc) is 2.87. The number of hydrogen-bond donors (Lipinski definition) is 1. The van der Waals surface area contributed by atoms with E-state index >= 15 is 0 Å². The molecule has 1 N–H and O–H groups in total. The number of amides is 1. The summed E-state index contributed by atoms with van der Waals surface area (Å²) in [6.45, 7) is 11.7. The molecule has 202 valence electrons. The smallest absolute Gasteiger partial charge is 0.277 e. The lowest BCUT2D eigenvalue weighted by molar-refractivity contribution is -0.123. The Labute approximate surface area is 227 Å². The number of nitrogens with one attached hydrogen (secondary N) is 1. The molecule has 0 bridgehead atoms. The van der Waals surface area contributed by atoms with Crippen LogP contribution in [0.5, 0.6) is 17.2 Å². The number of carbonyl (C=O) groups is 1. The van der Waals surface area contributed by atoms with Gasteiger partial charge < -0.3 is 14.2 Å². The van der Waals surface area contributed by atoms with Crippen molar-refractivity contribution in [2.75, 3.05) is 20.3 Å². The van der Waals surface area contributed by atoms with Crippen LogP contribution in [0.2, 0.25) is 0 Å². The first-order valence-electron chi connectivity index (χ1n) is 13.0. The minimum atomic E-state index is -0.341. The minimum Gasteiger partial charge on any atom is -0.493 e. The summed E-state index contributed by atoms with van der Waals surface area (Å²) >= 11 is 0. The third kappa shape index (κ3) is 9.25. The first-order chi connectivity index (χ1) is 18.1. The first kappa shape index (κ1) is 28.8. The maximum Gasteiger partial charge on any atom is 0.277 e. The maximum atomic E-state index is 12.2. The lowest BCUT2D eigenvalue weighted by Gasteiger charge is -2.33. The summed E-state index contributed by atoms with van der Waals surface area (Å²) in [4.78, 5) is 12.2. The fraction of sp³-hybridized carbons (Fsp3) is 0.375. The monoisotopic (exact) mass is 516 g/mol. The Bertz CT molecular complexity index is 1200. The van der Waals surface area contributed by atoms with Gasteiger partial charge in [-0.2, -0.15) is 5.10 Å². The molecule has 0 saturated carbocycles. The van der Waals surface area contributed by atoms with Gasteiger partial charge in [0.1, 0.15) is 5.75 Å². The van der Waals surface area contributed by atoms with E-state index < -0.39 is 0 Å². The molecule has 0 radical (unpaired) electrons. The van der Waals surface area contributed by atoms with Crippen molar-refractivity contribution in [2.24, 2.45) is 10.5 Å². The van der Waals surface area contributed by atoms with E-state index in [4.69, 9.17) is 14.2 Å². The van der Waals surface area contributed by atoms with Crippen molar-refractivity contribution in [1.29, 1.82) is 0 Å². The van der Waals surface area contributed by atoms with Crippen LogP contribution in [0.25, 0.3) is 0 Å². The number of carbonyl (C=O) groups excluding carboxylic acids is 1. The molecule has 0 spiro atoms. The van der Waals surface area contributed by atoms with Crippen molar-refractivity contribution in [3.05, 3.63) is 89.5 Å². The van der Waals surface area contributed by atoms with Gasteiger partial charge in [-0.25, -0.2) is 5.43 Å². The summed E-state index contributed by atoms with van der Waals surface area (Å²) in [7, 11) is 1.59. The molecule has 3 aromatic carbocycles. The van der Waals surface area contributed by atoms with Crippen LogP contribution in [-0.4, -0.2) is 32.4 Å². The fourth-order valence-corrected chi connectivity index (χ4v) is 4.60. The molecule has 0 atom stereocenters. The van der Waals surface area contributed by atoms with Crippen LogP contribution in [0.1, 0.15) is 57.7 Å². The molecule has 38 heavy (non-hydrogen) atoms. The van der Waals surface area contributed by atoms with Crippen LogP contribution in [0.4, 0.5) is 0 Å². The van der Waals surface area contributed by atoms with E-state index in [1.165, 1.54) is 11.1 Å². The Hall–Kier alpha value is -3.80. The van der Waals surface area contributed by atoms with Crippen molar-refractivity contribution in [3.63, 3.8) is 0 Å². The molecule has 0 aliphatic heterocycles. The van der Waals surface area contributed by atoms with E-state index in [0.29, 0.717) is 23.9 Å². The summed E-state index contributed by atoms with van der Waals surface area (Å²) < 4.78 is 17.0. The van der Waals surface area contributed by atoms with E-state index in [9.17, 15) is 4.79 Å². The lowest BCUT2D eigenvalue weighted by Crippen LogP contribution is -2.25. The molecule has 0 fully saturated rings. The second kappa shape index (κ2) is 13.1. The van der Waals surface area contributed by atoms with Gasteiger partial charge in [-0.1, -0.05) is 77.1 Å². The summed E-state index contributed by atoms with van der Waals surface area (Å²) in [5.74, 6) is 1.56. The van der Waals surface area contributed by atoms with Gasteiger partial charge in [0.2, 0.25) is 0 Å². The molecule has 0 saturated heterocycles. The van der Waals surface area contributed by atoms with Gasteiger partial charge >= 0.3 is 0 Å². The van der Waals surface area contributed by atoms with E-state index in [-0.39, 0.29) is 23.3 Å². The maximum absolute atomic E-state index is 12.2. The Kier molecular flexibility index (Phi) is 9.94. The summed E-state index contributed by atoms with van der Waals surface area (Å²) in [6, 6.07) is 23.6. The van der Waals surface area contributed by atoms with Gasteiger partial charge in [0.15, 0.2) is 18.1 Å². The van der Waals surface area contributed by atoms with Crippen molar-refractivity contribution < 1.29 is 19.0 Å². The zero-order chi connectivity index (χ0) is 27.6. The van der Waals surface area contributed by atoms with Crippen LogP contribution in [0.3, 0.4) is 0 Å². The highest BCUT2D eigenvalue weighted by atomic mass is 16.5. The van der Waals surface area contributed by atoms with E-state index in [0.717, 1.165) is 18.4 Å². The highest BCUT2D eigenvalue weighted by molar-refractivity contribution is 5.83. The van der Waals surface area contributed by atoms with Crippen LogP contribution in [0.15, 0.2) is 77.9 Å². The zero-order valence-electron chi connectivity index (χ0n) is 23.4. The van der Waals surface area contributed by atoms with Gasteiger partial charge in [-0.3, -0.25) is 4.79 Å². The van der Waals surface area contributed by atoms with E-state index in [1.54, 1.807) is 13.3 Å². The number of methoxy groups -OCH3 is 1. The average molecular weight is 517 g/mol. The molecule has 0 aliphatic carbocycles. The van der Waals surface area contributed by atoms with Crippen LogP contribution < -0.4 is 19.6 Å². The Morgan fingerprint density at radius 1 is 0.895 bits per heavy atom. The quantitative estimate of drug-likeness (QED) is 0.219. The first-order valence-corrected chi connectivity index (χ1v) is 13.0. The van der Waals surface area contributed by atoms with Gasteiger partial charge in [0.05, 0.1) is 19.9 Å². The molecule has 0 aliphatic rings. The normalized spacial score (nSPS) is 11.8. The van der Waals surface area contributed by atoms with Crippen molar-refractivity contribution in [3.8, 4) is 17.2 Å². The summed E-state index contributed by atoms with van der Waals surface area (Å²) in [5.41, 5.74) is 6.02. The molecule has 0 aromatic heterocycles. The molecule has 3 aromatic rings.